The minimum absolute atomic E-state index is 0.340. The van der Waals surface area contributed by atoms with E-state index in [0.717, 1.165) is 38.5 Å². The molecule has 6 nitrogen and oxygen atoms in total. The monoisotopic (exact) mass is 415 g/mol. The predicted molar refractivity (Wildman–Crippen MR) is 95.4 cm³/mol. The normalized spacial score (nSPS) is 20.7. The van der Waals surface area contributed by atoms with Gasteiger partial charge in [-0.25, -0.2) is 0 Å². The lowest BCUT2D eigenvalue weighted by molar-refractivity contribution is -0.185. The molecule has 0 unspecified atom stereocenters. The lowest BCUT2D eigenvalue weighted by atomic mass is 10.2. The van der Waals surface area contributed by atoms with Crippen molar-refractivity contribution >= 4 is 30.0 Å². The van der Waals surface area contributed by atoms with Crippen LogP contribution in [0.1, 0.15) is 38.5 Å². The fourth-order valence-electron chi connectivity index (χ4n) is 3.49. The van der Waals surface area contributed by atoms with Crippen molar-refractivity contribution in [3.05, 3.63) is 0 Å². The van der Waals surface area contributed by atoms with Gasteiger partial charge in [-0.1, -0.05) is 24.6 Å². The van der Waals surface area contributed by atoms with Crippen molar-refractivity contribution < 1.29 is 27.9 Å². The fraction of sp³-hybridized carbons (Fsp3) is 0.867. The topological polar surface area (TPSA) is 64.1 Å². The summed E-state index contributed by atoms with van der Waals surface area (Å²) < 4.78 is 43.0. The average molecular weight is 415 g/mol. The van der Waals surface area contributed by atoms with E-state index in [-0.39, 0.29) is 6.29 Å². The van der Waals surface area contributed by atoms with Crippen LogP contribution in [-0.4, -0.2) is 76.4 Å². The van der Waals surface area contributed by atoms with Gasteiger partial charge in [-0.05, 0) is 25.7 Å². The summed E-state index contributed by atoms with van der Waals surface area (Å²) in [4.78, 5) is 23.3. The van der Waals surface area contributed by atoms with Gasteiger partial charge in [0.15, 0.2) is 0 Å². The number of carbonyl (C=O) groups excluding carboxylic acids is 1. The van der Waals surface area contributed by atoms with Crippen LogP contribution in [0.4, 0.5) is 13.2 Å². The maximum absolute atomic E-state index is 13.0. The third-order valence-corrected chi connectivity index (χ3v) is 9.77. The number of aliphatic carboxylic acids is 1. The van der Waals surface area contributed by atoms with Crippen molar-refractivity contribution in [2.75, 3.05) is 39.0 Å². The summed E-state index contributed by atoms with van der Waals surface area (Å²) >= 11 is 5.92. The SMILES string of the molecule is O=C(O)CN(CP(=S)(N1CCCCC1)N1CCCCC1)C(=O)C(F)(F)F. The van der Waals surface area contributed by atoms with E-state index in [2.05, 4.69) is 9.34 Å². The lowest BCUT2D eigenvalue weighted by Gasteiger charge is -2.47. The Bertz CT molecular complexity index is 542. The van der Waals surface area contributed by atoms with Crippen LogP contribution >= 0.6 is 6.34 Å². The number of hydrogen-bond acceptors (Lipinski definition) is 3. The zero-order valence-corrected chi connectivity index (χ0v) is 16.3. The molecule has 2 rings (SSSR count). The van der Waals surface area contributed by atoms with Gasteiger partial charge in [-0.2, -0.15) is 13.2 Å². The number of piperidine rings is 2. The highest BCUT2D eigenvalue weighted by molar-refractivity contribution is 8.12. The number of amides is 1. The molecule has 0 aromatic carbocycles. The molecule has 0 saturated carbocycles. The van der Waals surface area contributed by atoms with Crippen molar-refractivity contribution in [2.45, 2.75) is 44.7 Å². The molecule has 0 aliphatic carbocycles. The Balaban J connectivity index is 2.30. The number of carboxylic acids is 1. The summed E-state index contributed by atoms with van der Waals surface area (Å²) in [6.45, 7) is 1.77. The highest BCUT2D eigenvalue weighted by Gasteiger charge is 2.46. The molecule has 11 heteroatoms. The number of rotatable bonds is 6. The minimum Gasteiger partial charge on any atom is -0.480 e. The van der Waals surface area contributed by atoms with E-state index >= 15 is 0 Å². The lowest BCUT2D eigenvalue weighted by Crippen LogP contribution is -2.48. The van der Waals surface area contributed by atoms with Gasteiger partial charge in [0, 0.05) is 26.2 Å². The highest BCUT2D eigenvalue weighted by Crippen LogP contribution is 2.56. The van der Waals surface area contributed by atoms with Gasteiger partial charge in [0.1, 0.15) is 6.54 Å². The molecule has 1 amide bonds. The summed E-state index contributed by atoms with van der Waals surface area (Å²) in [5, 5.41) is 9.01. The van der Waals surface area contributed by atoms with Crippen LogP contribution < -0.4 is 0 Å². The molecule has 0 aromatic heterocycles. The molecule has 150 valence electrons. The Morgan fingerprint density at radius 1 is 0.962 bits per heavy atom. The molecule has 1 N–H and O–H groups in total. The first-order chi connectivity index (χ1) is 12.1. The molecule has 2 heterocycles. The zero-order chi connectivity index (χ0) is 19.4. The van der Waals surface area contributed by atoms with E-state index in [0.29, 0.717) is 31.1 Å². The second kappa shape index (κ2) is 8.99. The number of nitrogens with zero attached hydrogens (tertiary/aromatic N) is 3. The van der Waals surface area contributed by atoms with Crippen molar-refractivity contribution in [2.24, 2.45) is 0 Å². The zero-order valence-electron chi connectivity index (χ0n) is 14.6. The third kappa shape index (κ3) is 5.41. The maximum Gasteiger partial charge on any atom is 0.471 e. The second-order valence-corrected chi connectivity index (χ2v) is 11.2. The van der Waals surface area contributed by atoms with Crippen molar-refractivity contribution in [3.8, 4) is 0 Å². The first kappa shape index (κ1) is 21.6. The maximum atomic E-state index is 13.0. The third-order valence-electron chi connectivity index (χ3n) is 4.76. The summed E-state index contributed by atoms with van der Waals surface area (Å²) in [6, 6.07) is 0. The Hall–Kier alpha value is -0.700. The first-order valence-corrected chi connectivity index (χ1v) is 11.7. The molecule has 0 atom stereocenters. The summed E-state index contributed by atoms with van der Waals surface area (Å²) in [5.74, 6) is -3.59. The molecule has 2 aliphatic heterocycles. The Kier molecular flexibility index (Phi) is 7.47. The Labute approximate surface area is 156 Å². The fourth-order valence-corrected chi connectivity index (χ4v) is 8.09. The van der Waals surface area contributed by atoms with Gasteiger partial charge in [-0.3, -0.25) is 18.9 Å². The van der Waals surface area contributed by atoms with E-state index in [1.165, 1.54) is 0 Å². The van der Waals surface area contributed by atoms with E-state index in [9.17, 15) is 22.8 Å². The van der Waals surface area contributed by atoms with Gasteiger partial charge < -0.3 is 10.0 Å². The van der Waals surface area contributed by atoms with E-state index in [4.69, 9.17) is 16.9 Å². The summed E-state index contributed by atoms with van der Waals surface area (Å²) in [5.41, 5.74) is 0. The van der Waals surface area contributed by atoms with Crippen molar-refractivity contribution in [3.63, 3.8) is 0 Å². The molecule has 2 fully saturated rings. The first-order valence-electron chi connectivity index (χ1n) is 8.82. The largest absolute Gasteiger partial charge is 0.480 e. The Morgan fingerprint density at radius 3 is 1.73 bits per heavy atom. The van der Waals surface area contributed by atoms with Crippen LogP contribution in [0.2, 0.25) is 0 Å². The molecular formula is C15H25F3N3O3PS. The average Bonchev–Trinajstić information content (AvgIpc) is 2.60. The van der Waals surface area contributed by atoms with Crippen LogP contribution in [0, 0.1) is 0 Å². The standard InChI is InChI=1S/C15H25F3N3O3PS/c16-15(17,18)14(24)19(11-13(22)23)12-25(26,20-7-3-1-4-8-20)21-9-5-2-6-10-21/h1-12H2,(H,22,23). The van der Waals surface area contributed by atoms with E-state index in [1.54, 1.807) is 0 Å². The Morgan fingerprint density at radius 2 is 1.38 bits per heavy atom. The van der Waals surface area contributed by atoms with E-state index < -0.39 is 30.9 Å². The highest BCUT2D eigenvalue weighted by atomic mass is 32.4. The molecule has 2 aliphatic rings. The van der Waals surface area contributed by atoms with Gasteiger partial charge >= 0.3 is 18.1 Å². The van der Waals surface area contributed by atoms with Crippen LogP contribution in [0.25, 0.3) is 0 Å². The van der Waals surface area contributed by atoms with Crippen LogP contribution in [0.3, 0.4) is 0 Å². The van der Waals surface area contributed by atoms with Crippen LogP contribution in [0.15, 0.2) is 0 Å². The number of alkyl halides is 3. The predicted octanol–water partition coefficient (Wildman–Crippen LogP) is 2.70. The molecule has 0 aromatic rings. The quantitative estimate of drug-likeness (QED) is 0.673. The molecular weight excluding hydrogens is 390 g/mol. The summed E-state index contributed by atoms with van der Waals surface area (Å²) in [7, 11) is 0. The molecule has 0 bridgehead atoms. The number of carbonyl (C=O) groups is 2. The summed E-state index contributed by atoms with van der Waals surface area (Å²) in [6.07, 6.45) is -2.36. The van der Waals surface area contributed by atoms with Gasteiger partial charge in [0.2, 0.25) is 0 Å². The van der Waals surface area contributed by atoms with Gasteiger partial charge in [0.05, 0.1) is 12.6 Å². The molecule has 0 spiro atoms. The van der Waals surface area contributed by atoms with Crippen LogP contribution in [0.5, 0.6) is 0 Å². The van der Waals surface area contributed by atoms with Gasteiger partial charge in [0.25, 0.3) is 0 Å². The molecule has 0 radical (unpaired) electrons. The second-order valence-electron chi connectivity index (χ2n) is 6.73. The number of hydrogen-bond donors (Lipinski definition) is 1. The number of carboxylic acid groups (broad SMARTS) is 1. The smallest absolute Gasteiger partial charge is 0.471 e. The molecule has 2 saturated heterocycles. The van der Waals surface area contributed by atoms with Crippen molar-refractivity contribution in [1.82, 2.24) is 14.2 Å². The molecule has 26 heavy (non-hydrogen) atoms. The van der Waals surface area contributed by atoms with E-state index in [1.807, 2.05) is 0 Å². The van der Waals surface area contributed by atoms with Gasteiger partial charge in [-0.15, -0.1) is 0 Å². The van der Waals surface area contributed by atoms with Crippen LogP contribution in [-0.2, 0) is 21.4 Å². The van der Waals surface area contributed by atoms with Crippen molar-refractivity contribution in [1.29, 1.82) is 0 Å². The minimum atomic E-state index is -5.11. The number of halogens is 3.